The SMILES string of the molecule is C.C.C.C.C.C.CCCCN1c2cc(C)c(N=C3C(C#N)=C(C(=O)OC4C(C)CC(C)CC4C)c4nc(-c5ccc(OC)c(NCOC(C)CCC(C)C(=O)O)c5)nn43)cc2C(C)CC1(C)C. The van der Waals surface area contributed by atoms with Gasteiger partial charge in [0.25, 0.3) is 0 Å². The van der Waals surface area contributed by atoms with Crippen LogP contribution < -0.4 is 15.0 Å². The zero-order valence-electron chi connectivity index (χ0n) is 38.0. The topological polar surface area (TPSA) is 164 Å². The summed E-state index contributed by atoms with van der Waals surface area (Å²) in [4.78, 5) is 38.3. The van der Waals surface area contributed by atoms with E-state index in [-0.39, 0.29) is 110 Å². The van der Waals surface area contributed by atoms with Gasteiger partial charge < -0.3 is 29.5 Å². The van der Waals surface area contributed by atoms with Gasteiger partial charge in [-0.15, -0.1) is 5.10 Å². The molecule has 0 bridgehead atoms. The van der Waals surface area contributed by atoms with Crippen molar-refractivity contribution in [3.63, 3.8) is 0 Å². The third-order valence-electron chi connectivity index (χ3n) is 12.9. The lowest BCUT2D eigenvalue weighted by Crippen LogP contribution is -2.48. The van der Waals surface area contributed by atoms with Crippen LogP contribution in [0.3, 0.4) is 0 Å². The molecule has 2 aliphatic heterocycles. The molecule has 67 heavy (non-hydrogen) atoms. The second kappa shape index (κ2) is 25.8. The number of esters is 1. The van der Waals surface area contributed by atoms with Gasteiger partial charge in [-0.2, -0.15) is 9.94 Å². The molecule has 3 aliphatic rings. The molecular weight excluding hydrogens is 843 g/mol. The summed E-state index contributed by atoms with van der Waals surface area (Å²) < 4.78 is 19.5. The van der Waals surface area contributed by atoms with E-state index in [1.807, 2.05) is 26.0 Å². The Labute approximate surface area is 405 Å². The van der Waals surface area contributed by atoms with E-state index in [2.05, 4.69) is 76.9 Å². The highest BCUT2D eigenvalue weighted by atomic mass is 16.5. The van der Waals surface area contributed by atoms with Crippen molar-refractivity contribution < 1.29 is 28.9 Å². The second-order valence-electron chi connectivity index (χ2n) is 18.5. The van der Waals surface area contributed by atoms with Crippen LogP contribution in [0.15, 0.2) is 40.9 Å². The van der Waals surface area contributed by atoms with Gasteiger partial charge >= 0.3 is 11.9 Å². The highest BCUT2D eigenvalue weighted by Gasteiger charge is 2.42. The molecule has 0 spiro atoms. The molecule has 13 nitrogen and oxygen atoms in total. The monoisotopic (exact) mass is 932 g/mol. The van der Waals surface area contributed by atoms with Gasteiger partial charge in [0, 0.05) is 23.3 Å². The minimum Gasteiger partial charge on any atom is -0.495 e. The summed E-state index contributed by atoms with van der Waals surface area (Å²) in [5.41, 5.74) is 5.48. The number of allylic oxidation sites excluding steroid dienone is 1. The first kappa shape index (κ1) is 61.8. The van der Waals surface area contributed by atoms with Crippen LogP contribution >= 0.6 is 0 Å². The van der Waals surface area contributed by atoms with Crippen molar-refractivity contribution in [2.24, 2.45) is 28.7 Å². The summed E-state index contributed by atoms with van der Waals surface area (Å²) in [5, 5.41) is 28.3. The van der Waals surface area contributed by atoms with E-state index >= 15 is 0 Å². The molecule has 2 N–H and O–H groups in total. The molecule has 6 rings (SSSR count). The fourth-order valence-corrected chi connectivity index (χ4v) is 9.62. The average Bonchev–Trinajstić information content (AvgIpc) is 3.75. The lowest BCUT2D eigenvalue weighted by atomic mass is 9.75. The number of benzene rings is 2. The number of carboxylic acids is 1. The Morgan fingerprint density at radius 2 is 1.67 bits per heavy atom. The smallest absolute Gasteiger partial charge is 0.343 e. The van der Waals surface area contributed by atoms with Gasteiger partial charge in [0.15, 0.2) is 17.5 Å². The molecule has 3 heterocycles. The number of nitriles is 1. The summed E-state index contributed by atoms with van der Waals surface area (Å²) in [6, 6.07) is 12.2. The van der Waals surface area contributed by atoms with E-state index in [4.69, 9.17) is 29.3 Å². The number of aliphatic carboxylic acids is 1. The number of fused-ring (bicyclic) bond motifs is 2. The number of unbranched alkanes of at least 4 members (excludes halogenated alkanes) is 1. The van der Waals surface area contributed by atoms with Gasteiger partial charge in [0.2, 0.25) is 0 Å². The highest BCUT2D eigenvalue weighted by molar-refractivity contribution is 6.30. The zero-order chi connectivity index (χ0) is 44.3. The van der Waals surface area contributed by atoms with Crippen LogP contribution in [0, 0.1) is 41.9 Å². The second-order valence-corrected chi connectivity index (χ2v) is 18.5. The molecule has 1 saturated carbocycles. The van der Waals surface area contributed by atoms with Crippen molar-refractivity contribution in [2.75, 3.05) is 30.6 Å². The van der Waals surface area contributed by atoms with E-state index in [0.29, 0.717) is 47.3 Å². The number of methoxy groups -OCH3 is 1. The van der Waals surface area contributed by atoms with Crippen molar-refractivity contribution >= 4 is 40.4 Å². The highest BCUT2D eigenvalue weighted by Crippen LogP contribution is 2.46. The van der Waals surface area contributed by atoms with Gasteiger partial charge in [-0.25, -0.2) is 14.8 Å². The number of anilines is 2. The van der Waals surface area contributed by atoms with Crippen LogP contribution in [0.5, 0.6) is 5.75 Å². The Morgan fingerprint density at radius 1 is 1.01 bits per heavy atom. The number of nitrogens with one attached hydrogen (secondary N) is 1. The molecule has 0 amide bonds. The van der Waals surface area contributed by atoms with Crippen LogP contribution in [0.1, 0.15) is 175 Å². The molecule has 1 fully saturated rings. The molecule has 376 valence electrons. The number of aryl methyl sites for hydroxylation is 1. The number of carbonyl (C=O) groups excluding carboxylic acids is 1. The number of nitrogens with zero attached hydrogens (tertiary/aromatic N) is 6. The Balaban J connectivity index is 0.00000726. The van der Waals surface area contributed by atoms with Gasteiger partial charge in [-0.3, -0.25) is 4.79 Å². The Bertz CT molecular complexity index is 2210. The number of ether oxygens (including phenoxy) is 3. The molecule has 5 atom stereocenters. The number of carboxylic acid groups (broad SMARTS) is 1. The first-order chi connectivity index (χ1) is 29.0. The largest absolute Gasteiger partial charge is 0.495 e. The number of carbonyl (C=O) groups is 2. The fraction of sp³-hybridized carbons (Fsp3) is 0.630. The maximum Gasteiger partial charge on any atom is 0.343 e. The van der Waals surface area contributed by atoms with Crippen LogP contribution in [0.25, 0.3) is 17.0 Å². The number of hydrogen-bond donors (Lipinski definition) is 2. The average molecular weight is 932 g/mol. The summed E-state index contributed by atoms with van der Waals surface area (Å²) in [6.45, 7) is 22.4. The van der Waals surface area contributed by atoms with Gasteiger partial charge in [0.05, 0.1) is 30.5 Å². The van der Waals surface area contributed by atoms with Crippen LogP contribution in [0.2, 0.25) is 0 Å². The number of aromatic nitrogens is 3. The molecular formula is C54H89N7O6. The van der Waals surface area contributed by atoms with E-state index < -0.39 is 17.9 Å². The minimum atomic E-state index is -0.822. The molecule has 13 heteroatoms. The molecule has 2 aromatic carbocycles. The molecule has 0 radical (unpaired) electrons. The Hall–Kier alpha value is -5.22. The van der Waals surface area contributed by atoms with Crippen molar-refractivity contribution in [2.45, 2.75) is 182 Å². The summed E-state index contributed by atoms with van der Waals surface area (Å²) in [6.07, 6.45) is 5.72. The molecule has 0 saturated heterocycles. The summed E-state index contributed by atoms with van der Waals surface area (Å²) in [7, 11) is 1.58. The van der Waals surface area contributed by atoms with Crippen molar-refractivity contribution in [3.05, 3.63) is 52.9 Å². The molecule has 5 unspecified atom stereocenters. The van der Waals surface area contributed by atoms with E-state index in [0.717, 1.165) is 44.2 Å². The number of hydrogen-bond acceptors (Lipinski definition) is 11. The maximum absolute atomic E-state index is 14.4. The van der Waals surface area contributed by atoms with Crippen LogP contribution in [-0.2, 0) is 19.1 Å². The fourth-order valence-electron chi connectivity index (χ4n) is 9.62. The summed E-state index contributed by atoms with van der Waals surface area (Å²) >= 11 is 0. The van der Waals surface area contributed by atoms with Crippen LogP contribution in [-0.4, -0.2) is 75.8 Å². The summed E-state index contributed by atoms with van der Waals surface area (Å²) in [5.74, 6) is 0.575. The Morgan fingerprint density at radius 3 is 2.27 bits per heavy atom. The lowest BCUT2D eigenvalue weighted by Gasteiger charge is -2.48. The maximum atomic E-state index is 14.4. The third kappa shape index (κ3) is 13.3. The van der Waals surface area contributed by atoms with Crippen LogP contribution in [0.4, 0.5) is 17.1 Å². The zero-order valence-corrected chi connectivity index (χ0v) is 38.0. The predicted octanol–water partition coefficient (Wildman–Crippen LogP) is 13.7. The predicted molar refractivity (Wildman–Crippen MR) is 280 cm³/mol. The Kier molecular flexibility index (Phi) is 23.8. The third-order valence-corrected chi connectivity index (χ3v) is 12.9. The van der Waals surface area contributed by atoms with E-state index in [1.54, 1.807) is 20.1 Å². The standard InChI is InChI=1S/C48H65N7O6.6CH4/c1-12-13-18-54-39-21-29(4)37(23-35(39)32(7)24-48(54,9)10)51-44-36(25-49)41(47(58)61-42-30(5)19-27(2)20-31(42)6)45-52-43(53-55(44)45)34-16-17-40(59-11)38(22-34)50-26-60-33(8)15-14-28(3)46(56)57;;;;;;/h16-17,21-23,27-28,30-33,42,50H,12-15,18-20,24,26H2,1-11H3,(H,56,57);6*1H4. The normalized spacial score (nSPS) is 21.4. The first-order valence-corrected chi connectivity index (χ1v) is 22.1. The van der Waals surface area contributed by atoms with Crippen molar-refractivity contribution in [1.29, 1.82) is 5.26 Å². The van der Waals surface area contributed by atoms with Gasteiger partial charge in [-0.05, 0) is 131 Å². The number of rotatable bonds is 16. The lowest BCUT2D eigenvalue weighted by molar-refractivity contribution is -0.150. The molecule has 3 aromatic rings. The van der Waals surface area contributed by atoms with Crippen molar-refractivity contribution in [1.82, 2.24) is 14.8 Å². The number of aliphatic imine (C=N–C) groups is 1. The van der Waals surface area contributed by atoms with E-state index in [9.17, 15) is 20.0 Å². The first-order valence-electron chi connectivity index (χ1n) is 22.1. The van der Waals surface area contributed by atoms with Gasteiger partial charge in [0.1, 0.15) is 35.8 Å². The molecule has 1 aliphatic carbocycles. The van der Waals surface area contributed by atoms with Gasteiger partial charge in [-0.1, -0.05) is 92.5 Å². The molecule has 1 aromatic heterocycles. The van der Waals surface area contributed by atoms with E-state index in [1.165, 1.54) is 15.9 Å². The van der Waals surface area contributed by atoms with Crippen molar-refractivity contribution in [3.8, 4) is 23.2 Å². The quantitative estimate of drug-likeness (QED) is 0.104. The minimum absolute atomic E-state index is 0.